The maximum absolute atomic E-state index is 12.1. The van der Waals surface area contributed by atoms with Crippen molar-refractivity contribution in [3.8, 4) is 0 Å². The first-order chi connectivity index (χ1) is 11.8. The van der Waals surface area contributed by atoms with E-state index >= 15 is 0 Å². The van der Waals surface area contributed by atoms with Gasteiger partial charge in [-0.2, -0.15) is 5.10 Å². The third-order valence-corrected chi connectivity index (χ3v) is 3.99. The predicted molar refractivity (Wildman–Crippen MR) is 92.3 cm³/mol. The Balaban J connectivity index is 1.35. The Labute approximate surface area is 138 Å². The average molecular weight is 319 g/mol. The molecule has 1 amide bonds. The molecule has 0 unspecified atom stereocenters. The highest BCUT2D eigenvalue weighted by atomic mass is 16.1. The molecule has 2 heterocycles. The van der Waals surface area contributed by atoms with Crippen LogP contribution in [0.2, 0.25) is 0 Å². The fourth-order valence-electron chi connectivity index (χ4n) is 2.77. The van der Waals surface area contributed by atoms with Crippen LogP contribution >= 0.6 is 0 Å². The van der Waals surface area contributed by atoms with Crippen molar-refractivity contribution in [3.05, 3.63) is 60.6 Å². The summed E-state index contributed by atoms with van der Waals surface area (Å²) in [6.07, 6.45) is 2.20. The fraction of sp³-hybridized carbons (Fsp3) is 0.167. The minimum Gasteiger partial charge on any atom is -0.349 e. The second-order valence-corrected chi connectivity index (χ2v) is 5.65. The number of hydrogen-bond donors (Lipinski definition) is 2. The van der Waals surface area contributed by atoms with Gasteiger partial charge in [0.1, 0.15) is 5.82 Å². The molecule has 2 N–H and O–H groups in total. The second kappa shape index (κ2) is 6.16. The summed E-state index contributed by atoms with van der Waals surface area (Å²) in [7, 11) is 0. The number of H-pyrrole nitrogens is 1. The van der Waals surface area contributed by atoms with Crippen LogP contribution in [0.1, 0.15) is 12.2 Å². The number of nitrogens with zero attached hydrogens (tertiary/aromatic N) is 3. The minimum absolute atomic E-state index is 0.0185. The fourth-order valence-corrected chi connectivity index (χ4v) is 2.77. The van der Waals surface area contributed by atoms with E-state index in [-0.39, 0.29) is 5.91 Å². The molecule has 4 rings (SSSR count). The smallest absolute Gasteiger partial charge is 0.222 e. The van der Waals surface area contributed by atoms with Crippen LogP contribution in [0.5, 0.6) is 0 Å². The summed E-state index contributed by atoms with van der Waals surface area (Å²) < 4.78 is 1.86. The first-order valence-electron chi connectivity index (χ1n) is 7.90. The van der Waals surface area contributed by atoms with Gasteiger partial charge in [-0.3, -0.25) is 9.48 Å². The molecule has 0 bridgehead atoms. The van der Waals surface area contributed by atoms with Gasteiger partial charge in [-0.15, -0.1) is 0 Å². The molecule has 0 aliphatic heterocycles. The van der Waals surface area contributed by atoms with Crippen molar-refractivity contribution in [2.75, 3.05) is 0 Å². The quantitative estimate of drug-likeness (QED) is 0.594. The molecule has 0 spiro atoms. The number of rotatable bonds is 5. The Bertz CT molecular complexity index is 968. The van der Waals surface area contributed by atoms with Crippen molar-refractivity contribution < 1.29 is 4.79 Å². The van der Waals surface area contributed by atoms with Crippen LogP contribution in [0.25, 0.3) is 21.9 Å². The van der Waals surface area contributed by atoms with Gasteiger partial charge in [0.05, 0.1) is 35.8 Å². The van der Waals surface area contributed by atoms with Crippen LogP contribution < -0.4 is 5.32 Å². The molecule has 2 aromatic carbocycles. The van der Waals surface area contributed by atoms with Crippen molar-refractivity contribution in [2.24, 2.45) is 0 Å². The number of aryl methyl sites for hydroxylation is 1. The van der Waals surface area contributed by atoms with Crippen LogP contribution in [-0.4, -0.2) is 25.7 Å². The van der Waals surface area contributed by atoms with Crippen molar-refractivity contribution in [3.63, 3.8) is 0 Å². The molecule has 0 saturated heterocycles. The van der Waals surface area contributed by atoms with Crippen LogP contribution in [0.3, 0.4) is 0 Å². The zero-order chi connectivity index (χ0) is 16.4. The van der Waals surface area contributed by atoms with Crippen molar-refractivity contribution in [1.29, 1.82) is 0 Å². The Morgan fingerprint density at radius 1 is 1.12 bits per heavy atom. The molecule has 6 heteroatoms. The Morgan fingerprint density at radius 3 is 2.88 bits per heavy atom. The summed E-state index contributed by atoms with van der Waals surface area (Å²) >= 11 is 0. The monoisotopic (exact) mass is 319 g/mol. The summed E-state index contributed by atoms with van der Waals surface area (Å²) in [6.45, 7) is 0.951. The lowest BCUT2D eigenvalue weighted by molar-refractivity contribution is -0.121. The van der Waals surface area contributed by atoms with E-state index in [2.05, 4.69) is 20.4 Å². The summed E-state index contributed by atoms with van der Waals surface area (Å²) in [6, 6.07) is 15.8. The molecule has 0 aliphatic rings. The number of para-hydroxylation sites is 3. The molecule has 24 heavy (non-hydrogen) atoms. The van der Waals surface area contributed by atoms with E-state index in [9.17, 15) is 4.79 Å². The second-order valence-electron chi connectivity index (χ2n) is 5.65. The average Bonchev–Trinajstić information content (AvgIpc) is 3.21. The predicted octanol–water partition coefficient (Wildman–Crippen LogP) is 2.62. The Kier molecular flexibility index (Phi) is 3.70. The van der Waals surface area contributed by atoms with Gasteiger partial charge >= 0.3 is 0 Å². The zero-order valence-electron chi connectivity index (χ0n) is 13.1. The molecule has 0 fully saturated rings. The molecule has 120 valence electrons. The van der Waals surface area contributed by atoms with Gasteiger partial charge in [0, 0.05) is 11.8 Å². The lowest BCUT2D eigenvalue weighted by Gasteiger charge is -2.05. The van der Waals surface area contributed by atoms with Gasteiger partial charge in [-0.1, -0.05) is 30.3 Å². The Hall–Kier alpha value is -3.15. The van der Waals surface area contributed by atoms with Crippen LogP contribution in [0.15, 0.2) is 54.7 Å². The molecule has 0 saturated carbocycles. The van der Waals surface area contributed by atoms with Crippen molar-refractivity contribution >= 4 is 27.8 Å². The zero-order valence-corrected chi connectivity index (χ0v) is 13.1. The number of carbonyl (C=O) groups is 1. The normalized spacial score (nSPS) is 11.2. The van der Waals surface area contributed by atoms with E-state index < -0.39 is 0 Å². The molecule has 4 aromatic rings. The maximum Gasteiger partial charge on any atom is 0.222 e. The van der Waals surface area contributed by atoms with Crippen LogP contribution in [0, 0.1) is 0 Å². The molecule has 6 nitrogen and oxygen atoms in total. The topological polar surface area (TPSA) is 75.6 Å². The summed E-state index contributed by atoms with van der Waals surface area (Å²) in [5.41, 5.74) is 2.93. The highest BCUT2D eigenvalue weighted by molar-refractivity contribution is 5.79. The third kappa shape index (κ3) is 2.86. The number of aromatic nitrogens is 4. The SMILES string of the molecule is O=C(CCn1ncc2ccccc21)NCc1nc2ccccc2[nH]1. The van der Waals surface area contributed by atoms with Gasteiger partial charge in [-0.25, -0.2) is 4.98 Å². The van der Waals surface area contributed by atoms with Gasteiger partial charge in [0.25, 0.3) is 0 Å². The molecule has 2 aromatic heterocycles. The number of benzene rings is 2. The molecule has 0 atom stereocenters. The standard InChI is InChI=1S/C18H17N5O/c24-18(9-10-23-16-8-4-1-5-13(16)11-20-23)19-12-17-21-14-6-2-3-7-15(14)22-17/h1-8,11H,9-10,12H2,(H,19,24)(H,21,22). The number of fused-ring (bicyclic) bond motifs is 2. The Morgan fingerprint density at radius 2 is 1.96 bits per heavy atom. The van der Waals surface area contributed by atoms with Crippen LogP contribution in [0.4, 0.5) is 0 Å². The van der Waals surface area contributed by atoms with E-state index in [1.54, 1.807) is 0 Å². The van der Waals surface area contributed by atoms with Gasteiger partial charge in [0.15, 0.2) is 0 Å². The highest BCUT2D eigenvalue weighted by Gasteiger charge is 2.07. The first kappa shape index (κ1) is 14.4. The van der Waals surface area contributed by atoms with Crippen molar-refractivity contribution in [1.82, 2.24) is 25.1 Å². The molecular weight excluding hydrogens is 302 g/mol. The van der Waals surface area contributed by atoms with E-state index in [4.69, 9.17) is 0 Å². The number of aromatic amines is 1. The molecule has 0 aliphatic carbocycles. The third-order valence-electron chi connectivity index (χ3n) is 3.99. The lowest BCUT2D eigenvalue weighted by atomic mass is 10.2. The van der Waals surface area contributed by atoms with Crippen LogP contribution in [-0.2, 0) is 17.9 Å². The summed E-state index contributed by atoms with van der Waals surface area (Å²) in [4.78, 5) is 19.7. The maximum atomic E-state index is 12.1. The van der Waals surface area contributed by atoms with E-state index in [1.807, 2.05) is 59.4 Å². The number of amides is 1. The summed E-state index contributed by atoms with van der Waals surface area (Å²) in [5.74, 6) is 0.740. The van der Waals surface area contributed by atoms with E-state index in [0.717, 1.165) is 27.8 Å². The lowest BCUT2D eigenvalue weighted by Crippen LogP contribution is -2.24. The number of imidazole rings is 1. The van der Waals surface area contributed by atoms with Gasteiger partial charge < -0.3 is 10.3 Å². The van der Waals surface area contributed by atoms with Crippen molar-refractivity contribution in [2.45, 2.75) is 19.5 Å². The summed E-state index contributed by atoms with van der Waals surface area (Å²) in [5, 5.41) is 8.31. The van der Waals surface area contributed by atoms with E-state index in [1.165, 1.54) is 0 Å². The number of nitrogens with one attached hydrogen (secondary N) is 2. The van der Waals surface area contributed by atoms with Gasteiger partial charge in [-0.05, 0) is 18.2 Å². The highest BCUT2D eigenvalue weighted by Crippen LogP contribution is 2.13. The molecule has 0 radical (unpaired) electrons. The first-order valence-corrected chi connectivity index (χ1v) is 7.90. The minimum atomic E-state index is -0.0185. The number of hydrogen-bond acceptors (Lipinski definition) is 3. The van der Waals surface area contributed by atoms with E-state index in [0.29, 0.717) is 19.5 Å². The van der Waals surface area contributed by atoms with Gasteiger partial charge in [0.2, 0.25) is 5.91 Å². The number of carbonyl (C=O) groups excluding carboxylic acids is 1. The largest absolute Gasteiger partial charge is 0.349 e. The molecular formula is C18H17N5O.